The Labute approximate surface area is 193 Å². The van der Waals surface area contributed by atoms with Crippen molar-refractivity contribution in [3.63, 3.8) is 0 Å². The van der Waals surface area contributed by atoms with Gasteiger partial charge in [-0.15, -0.1) is 5.10 Å². The number of hydrogen-bond acceptors (Lipinski definition) is 6. The molecular formula is C26H28N4O3. The monoisotopic (exact) mass is 444 g/mol. The fourth-order valence-corrected chi connectivity index (χ4v) is 4.77. The number of anilines is 1. The number of nitrogens with zero attached hydrogens (tertiary/aromatic N) is 3. The fourth-order valence-electron chi connectivity index (χ4n) is 4.77. The number of methoxy groups -OCH3 is 1. The number of carbonyl (C=O) groups is 1. The maximum Gasteiger partial charge on any atom is 0.226 e. The Kier molecular flexibility index (Phi) is 5.19. The Hall–Kier alpha value is -3.61. The highest BCUT2D eigenvalue weighted by Gasteiger charge is 2.42. The average molecular weight is 445 g/mol. The second-order valence-corrected chi connectivity index (χ2v) is 9.27. The zero-order chi connectivity index (χ0) is 23.2. The van der Waals surface area contributed by atoms with Crippen LogP contribution in [-0.4, -0.2) is 34.3 Å². The Morgan fingerprint density at radius 2 is 1.97 bits per heavy atom. The van der Waals surface area contributed by atoms with Crippen molar-refractivity contribution in [2.45, 2.75) is 39.7 Å². The third kappa shape index (κ3) is 3.77. The summed E-state index contributed by atoms with van der Waals surface area (Å²) >= 11 is 0. The van der Waals surface area contributed by atoms with E-state index >= 15 is 0 Å². The second-order valence-electron chi connectivity index (χ2n) is 9.27. The first-order valence-electron chi connectivity index (χ1n) is 11.3. The van der Waals surface area contributed by atoms with Crippen LogP contribution >= 0.6 is 0 Å². The van der Waals surface area contributed by atoms with E-state index in [4.69, 9.17) is 19.6 Å². The normalized spacial score (nSPS) is 18.9. The number of ketones is 1. The molecular weight excluding hydrogens is 416 g/mol. The number of fused-ring (bicyclic) bond motifs is 1. The van der Waals surface area contributed by atoms with Crippen LogP contribution in [0.4, 0.5) is 5.95 Å². The van der Waals surface area contributed by atoms with Crippen molar-refractivity contribution in [1.82, 2.24) is 14.8 Å². The van der Waals surface area contributed by atoms with E-state index < -0.39 is 6.04 Å². The molecule has 1 aliphatic carbocycles. The van der Waals surface area contributed by atoms with Crippen molar-refractivity contribution in [2.24, 2.45) is 5.41 Å². The number of benzene rings is 2. The molecule has 0 fully saturated rings. The van der Waals surface area contributed by atoms with Gasteiger partial charge in [0.25, 0.3) is 0 Å². The molecule has 0 bridgehead atoms. The minimum Gasteiger partial charge on any atom is -0.497 e. The van der Waals surface area contributed by atoms with Gasteiger partial charge in [-0.1, -0.05) is 44.2 Å². The zero-order valence-electron chi connectivity index (χ0n) is 19.4. The number of Topliss-reactive ketones (excluding diaryl/α,β-unsaturated/α-hetero) is 1. The van der Waals surface area contributed by atoms with E-state index in [9.17, 15) is 4.79 Å². The molecule has 1 atom stereocenters. The van der Waals surface area contributed by atoms with Crippen LogP contribution in [0.3, 0.4) is 0 Å². The lowest BCUT2D eigenvalue weighted by atomic mass is 9.73. The lowest BCUT2D eigenvalue weighted by Gasteiger charge is -2.38. The van der Waals surface area contributed by atoms with Gasteiger partial charge in [0.15, 0.2) is 11.6 Å². The van der Waals surface area contributed by atoms with E-state index in [0.717, 1.165) is 40.3 Å². The van der Waals surface area contributed by atoms with E-state index in [0.29, 0.717) is 24.8 Å². The van der Waals surface area contributed by atoms with Crippen LogP contribution in [0.15, 0.2) is 59.8 Å². The number of carbonyl (C=O) groups excluding carboxylic acids is 1. The topological polar surface area (TPSA) is 78.3 Å². The summed E-state index contributed by atoms with van der Waals surface area (Å²) in [4.78, 5) is 18.3. The predicted octanol–water partition coefficient (Wildman–Crippen LogP) is 5.01. The number of allylic oxidation sites excluding steroid dienone is 2. The molecule has 1 unspecified atom stereocenters. The van der Waals surface area contributed by atoms with E-state index in [1.54, 1.807) is 7.11 Å². The average Bonchev–Trinajstić information content (AvgIpc) is 3.21. The summed E-state index contributed by atoms with van der Waals surface area (Å²) < 4.78 is 13.1. The van der Waals surface area contributed by atoms with Crippen molar-refractivity contribution in [3.8, 4) is 22.9 Å². The largest absolute Gasteiger partial charge is 0.497 e. The van der Waals surface area contributed by atoms with Gasteiger partial charge in [0.05, 0.1) is 13.7 Å². The Morgan fingerprint density at radius 3 is 2.76 bits per heavy atom. The molecule has 170 valence electrons. The van der Waals surface area contributed by atoms with Gasteiger partial charge in [-0.2, -0.15) is 4.98 Å². The molecule has 0 saturated heterocycles. The van der Waals surface area contributed by atoms with Crippen molar-refractivity contribution in [3.05, 3.63) is 65.4 Å². The summed E-state index contributed by atoms with van der Waals surface area (Å²) in [6, 6.07) is 15.1. The van der Waals surface area contributed by atoms with E-state index in [1.165, 1.54) is 0 Å². The zero-order valence-corrected chi connectivity index (χ0v) is 19.4. The quantitative estimate of drug-likeness (QED) is 0.596. The first-order chi connectivity index (χ1) is 15.9. The number of rotatable bonds is 5. The van der Waals surface area contributed by atoms with Crippen LogP contribution in [0.25, 0.3) is 11.4 Å². The predicted molar refractivity (Wildman–Crippen MR) is 126 cm³/mol. The number of aromatic nitrogens is 3. The summed E-state index contributed by atoms with van der Waals surface area (Å²) in [6.45, 7) is 6.75. The Morgan fingerprint density at radius 1 is 1.15 bits per heavy atom. The molecule has 2 aromatic carbocycles. The summed E-state index contributed by atoms with van der Waals surface area (Å²) in [6.07, 6.45) is 1.26. The number of hydrogen-bond donors (Lipinski definition) is 1. The molecule has 7 heteroatoms. The van der Waals surface area contributed by atoms with Gasteiger partial charge in [0.2, 0.25) is 5.95 Å². The van der Waals surface area contributed by atoms with Crippen LogP contribution in [-0.2, 0) is 4.79 Å². The standard InChI is InChI=1S/C26H28N4O3/c1-5-33-21-12-7-6-11-18(21)23-22-19(14-26(2,3)15-20(22)31)27-25-28-24(29-30(23)25)16-9-8-10-17(13-16)32-4/h6-13,23H,5,14-15H2,1-4H3,(H,27,28,29). The molecule has 0 saturated carbocycles. The SMILES string of the molecule is CCOc1ccccc1C1C2=C(CC(C)(C)CC2=O)Nc2nc(-c3cccc(OC)c3)nn21. The van der Waals surface area contributed by atoms with Gasteiger partial charge in [-0.25, -0.2) is 4.68 Å². The molecule has 33 heavy (non-hydrogen) atoms. The molecule has 2 heterocycles. The van der Waals surface area contributed by atoms with Crippen molar-refractivity contribution in [2.75, 3.05) is 19.0 Å². The summed E-state index contributed by atoms with van der Waals surface area (Å²) in [5, 5.41) is 8.29. The van der Waals surface area contributed by atoms with Crippen LogP contribution in [0.2, 0.25) is 0 Å². The van der Waals surface area contributed by atoms with Crippen LogP contribution in [0.1, 0.15) is 45.2 Å². The molecule has 7 nitrogen and oxygen atoms in total. The Balaban J connectivity index is 1.69. The van der Waals surface area contributed by atoms with E-state index in [1.807, 2.05) is 60.1 Å². The highest BCUT2D eigenvalue weighted by molar-refractivity contribution is 6.00. The van der Waals surface area contributed by atoms with Crippen LogP contribution in [0, 0.1) is 5.41 Å². The molecule has 0 radical (unpaired) electrons. The molecule has 1 aromatic heterocycles. The molecule has 3 aromatic rings. The lowest BCUT2D eigenvalue weighted by molar-refractivity contribution is -0.118. The van der Waals surface area contributed by atoms with Crippen LogP contribution in [0.5, 0.6) is 11.5 Å². The first kappa shape index (κ1) is 21.2. The molecule has 1 N–H and O–H groups in total. The highest BCUT2D eigenvalue weighted by Crippen LogP contribution is 2.47. The maximum absolute atomic E-state index is 13.5. The number of nitrogens with one attached hydrogen (secondary N) is 1. The molecule has 2 aliphatic rings. The Bertz CT molecular complexity index is 1260. The first-order valence-corrected chi connectivity index (χ1v) is 11.3. The van der Waals surface area contributed by atoms with Gasteiger partial charge in [-0.3, -0.25) is 4.79 Å². The fraction of sp³-hybridized carbons (Fsp3) is 0.346. The third-order valence-corrected chi connectivity index (χ3v) is 6.17. The molecule has 0 amide bonds. The second kappa shape index (κ2) is 8.06. The van der Waals surface area contributed by atoms with E-state index in [2.05, 4.69) is 19.2 Å². The van der Waals surface area contributed by atoms with Gasteiger partial charge in [0, 0.05) is 28.8 Å². The van der Waals surface area contributed by atoms with E-state index in [-0.39, 0.29) is 11.2 Å². The molecule has 5 rings (SSSR count). The van der Waals surface area contributed by atoms with Crippen LogP contribution < -0.4 is 14.8 Å². The third-order valence-electron chi connectivity index (χ3n) is 6.17. The smallest absolute Gasteiger partial charge is 0.226 e. The minimum atomic E-state index is -0.408. The van der Waals surface area contributed by atoms with Gasteiger partial charge in [-0.05, 0) is 37.0 Å². The highest BCUT2D eigenvalue weighted by atomic mass is 16.5. The van der Waals surface area contributed by atoms with Crippen molar-refractivity contribution >= 4 is 11.7 Å². The summed E-state index contributed by atoms with van der Waals surface area (Å²) in [7, 11) is 1.64. The van der Waals surface area contributed by atoms with Gasteiger partial charge in [0.1, 0.15) is 17.5 Å². The van der Waals surface area contributed by atoms with Crippen molar-refractivity contribution < 1.29 is 14.3 Å². The lowest BCUT2D eigenvalue weighted by Crippen LogP contribution is -2.36. The van der Waals surface area contributed by atoms with Crippen molar-refractivity contribution in [1.29, 1.82) is 0 Å². The molecule has 1 aliphatic heterocycles. The summed E-state index contributed by atoms with van der Waals surface area (Å²) in [5.41, 5.74) is 3.30. The number of para-hydroxylation sites is 1. The van der Waals surface area contributed by atoms with Gasteiger partial charge >= 0.3 is 0 Å². The molecule has 0 spiro atoms. The number of ether oxygens (including phenoxy) is 2. The summed E-state index contributed by atoms with van der Waals surface area (Å²) in [5.74, 6) is 2.81. The van der Waals surface area contributed by atoms with Gasteiger partial charge < -0.3 is 14.8 Å². The minimum absolute atomic E-state index is 0.120. The maximum atomic E-state index is 13.5.